The zero-order valence-electron chi connectivity index (χ0n) is 9.31. The fourth-order valence-corrected chi connectivity index (χ4v) is 1.55. The molecule has 0 spiro atoms. The van der Waals surface area contributed by atoms with E-state index in [0.717, 1.165) is 0 Å². The zero-order valence-corrected chi connectivity index (χ0v) is 9.31. The quantitative estimate of drug-likeness (QED) is 0.817. The molecule has 2 N–H and O–H groups in total. The van der Waals surface area contributed by atoms with E-state index in [2.05, 4.69) is 15.1 Å². The minimum absolute atomic E-state index is 0.0272. The van der Waals surface area contributed by atoms with Crippen LogP contribution >= 0.6 is 0 Å². The van der Waals surface area contributed by atoms with Gasteiger partial charge in [-0.25, -0.2) is 14.4 Å². The molecule has 2 aromatic heterocycles. The molecule has 1 amide bonds. The molecule has 0 aromatic carbocycles. The average molecular weight is 235 g/mol. The molecule has 6 nitrogen and oxygen atoms in total. The number of rotatable bonds is 2. The number of nitrogens with zero attached hydrogens (tertiary/aromatic N) is 4. The Kier molecular flexibility index (Phi) is 2.58. The summed E-state index contributed by atoms with van der Waals surface area (Å²) in [4.78, 5) is 18.8. The van der Waals surface area contributed by atoms with E-state index in [1.807, 2.05) is 0 Å². The van der Waals surface area contributed by atoms with E-state index < -0.39 is 11.7 Å². The Bertz CT molecular complexity index is 592. The molecular formula is C10H10FN5O. The van der Waals surface area contributed by atoms with Crippen molar-refractivity contribution in [2.24, 2.45) is 12.8 Å². The van der Waals surface area contributed by atoms with Crippen LogP contribution in [0.25, 0.3) is 11.3 Å². The van der Waals surface area contributed by atoms with E-state index >= 15 is 0 Å². The van der Waals surface area contributed by atoms with E-state index in [0.29, 0.717) is 0 Å². The molecule has 0 atom stereocenters. The van der Waals surface area contributed by atoms with Crippen molar-refractivity contribution in [3.8, 4) is 11.3 Å². The summed E-state index contributed by atoms with van der Waals surface area (Å²) in [6.07, 6.45) is 2.58. The van der Waals surface area contributed by atoms with Gasteiger partial charge in [0.05, 0.1) is 17.5 Å². The first kappa shape index (κ1) is 11.2. The maximum absolute atomic E-state index is 13.8. The average Bonchev–Trinajstić information content (AvgIpc) is 2.64. The van der Waals surface area contributed by atoms with Gasteiger partial charge >= 0.3 is 0 Å². The van der Waals surface area contributed by atoms with Crippen LogP contribution in [0.1, 0.15) is 16.2 Å². The summed E-state index contributed by atoms with van der Waals surface area (Å²) in [6.45, 7) is 1.51. The summed E-state index contributed by atoms with van der Waals surface area (Å²) in [6, 6.07) is 0. The van der Waals surface area contributed by atoms with Crippen LogP contribution in [0.15, 0.2) is 12.5 Å². The Hall–Kier alpha value is -2.31. The van der Waals surface area contributed by atoms with Gasteiger partial charge in [0.15, 0.2) is 5.82 Å². The Balaban J connectivity index is 2.69. The van der Waals surface area contributed by atoms with E-state index in [1.54, 1.807) is 7.05 Å². The van der Waals surface area contributed by atoms with Crippen LogP contribution in [0, 0.1) is 12.7 Å². The smallest absolute Gasteiger partial charge is 0.267 e. The zero-order chi connectivity index (χ0) is 12.6. The van der Waals surface area contributed by atoms with Crippen LogP contribution in [-0.4, -0.2) is 25.7 Å². The number of aromatic nitrogens is 4. The van der Waals surface area contributed by atoms with E-state index in [4.69, 9.17) is 5.73 Å². The lowest BCUT2D eigenvalue weighted by Gasteiger charge is -2.04. The maximum Gasteiger partial charge on any atom is 0.267 e. The van der Waals surface area contributed by atoms with Gasteiger partial charge in [-0.1, -0.05) is 0 Å². The third-order valence-corrected chi connectivity index (χ3v) is 2.39. The third kappa shape index (κ3) is 1.75. The first-order valence-electron chi connectivity index (χ1n) is 4.81. The molecule has 88 valence electrons. The minimum atomic E-state index is -0.685. The number of aryl methyl sites for hydroxylation is 2. The largest absolute Gasteiger partial charge is 0.364 e. The van der Waals surface area contributed by atoms with Crippen LogP contribution in [0.4, 0.5) is 4.39 Å². The first-order valence-corrected chi connectivity index (χ1v) is 4.81. The van der Waals surface area contributed by atoms with Crippen molar-refractivity contribution in [1.82, 2.24) is 19.7 Å². The molecule has 0 bridgehead atoms. The number of carbonyl (C=O) groups excluding carboxylic acids is 1. The highest BCUT2D eigenvalue weighted by Crippen LogP contribution is 2.24. The highest BCUT2D eigenvalue weighted by molar-refractivity contribution is 5.97. The molecule has 0 saturated heterocycles. The molecule has 0 fully saturated rings. The van der Waals surface area contributed by atoms with Crippen LogP contribution in [0.3, 0.4) is 0 Å². The summed E-state index contributed by atoms with van der Waals surface area (Å²) in [5, 5.41) is 3.87. The van der Waals surface area contributed by atoms with Crippen molar-refractivity contribution in [2.45, 2.75) is 6.92 Å². The van der Waals surface area contributed by atoms with Crippen LogP contribution < -0.4 is 5.73 Å². The van der Waals surface area contributed by atoms with Crippen molar-refractivity contribution < 1.29 is 9.18 Å². The normalized spacial score (nSPS) is 10.5. The minimum Gasteiger partial charge on any atom is -0.364 e. The number of primary amides is 1. The Labute approximate surface area is 96.3 Å². The lowest BCUT2D eigenvalue weighted by atomic mass is 10.1. The summed E-state index contributed by atoms with van der Waals surface area (Å²) in [5.41, 5.74) is 5.83. The van der Waals surface area contributed by atoms with Crippen LogP contribution in [0.5, 0.6) is 0 Å². The number of hydrogen-bond acceptors (Lipinski definition) is 4. The summed E-state index contributed by atoms with van der Waals surface area (Å²) in [5.74, 6) is -1.27. The first-order chi connectivity index (χ1) is 8.02. The molecule has 0 unspecified atom stereocenters. The van der Waals surface area contributed by atoms with Gasteiger partial charge in [0.1, 0.15) is 17.7 Å². The molecule has 0 aliphatic heterocycles. The molecule has 2 heterocycles. The number of hydrogen-bond donors (Lipinski definition) is 1. The fourth-order valence-electron chi connectivity index (χ4n) is 1.55. The summed E-state index contributed by atoms with van der Waals surface area (Å²) < 4.78 is 15.1. The molecule has 17 heavy (non-hydrogen) atoms. The number of amides is 1. The van der Waals surface area contributed by atoms with Gasteiger partial charge < -0.3 is 5.73 Å². The predicted molar refractivity (Wildman–Crippen MR) is 57.4 cm³/mol. The van der Waals surface area contributed by atoms with E-state index in [1.165, 1.54) is 24.1 Å². The Morgan fingerprint density at radius 3 is 2.82 bits per heavy atom. The third-order valence-electron chi connectivity index (χ3n) is 2.39. The highest BCUT2D eigenvalue weighted by atomic mass is 19.1. The summed E-state index contributed by atoms with van der Waals surface area (Å²) >= 11 is 0. The molecule has 7 heteroatoms. The second-order valence-electron chi connectivity index (χ2n) is 3.52. The van der Waals surface area contributed by atoms with Crippen molar-refractivity contribution in [3.63, 3.8) is 0 Å². The second kappa shape index (κ2) is 3.93. The lowest BCUT2D eigenvalue weighted by molar-refractivity contribution is 0.0992. The number of halogens is 1. The van der Waals surface area contributed by atoms with Gasteiger partial charge in [-0.05, 0) is 6.92 Å². The summed E-state index contributed by atoms with van der Waals surface area (Å²) in [7, 11) is 1.55. The molecule has 2 rings (SSSR count). The molecule has 0 radical (unpaired) electrons. The molecule has 0 aliphatic carbocycles. The molecule has 2 aromatic rings. The van der Waals surface area contributed by atoms with Crippen molar-refractivity contribution in [2.75, 3.05) is 0 Å². The van der Waals surface area contributed by atoms with Crippen LogP contribution in [-0.2, 0) is 7.05 Å². The maximum atomic E-state index is 13.8. The van der Waals surface area contributed by atoms with Gasteiger partial charge in [0, 0.05) is 7.05 Å². The molecule has 0 aliphatic rings. The number of carbonyl (C=O) groups is 1. The van der Waals surface area contributed by atoms with Gasteiger partial charge in [-0.2, -0.15) is 5.10 Å². The highest BCUT2D eigenvalue weighted by Gasteiger charge is 2.20. The number of nitrogens with two attached hydrogens (primary N) is 1. The second-order valence-corrected chi connectivity index (χ2v) is 3.52. The van der Waals surface area contributed by atoms with Crippen molar-refractivity contribution in [3.05, 3.63) is 29.7 Å². The molecular weight excluding hydrogens is 225 g/mol. The Morgan fingerprint density at radius 2 is 2.18 bits per heavy atom. The monoisotopic (exact) mass is 235 g/mol. The topological polar surface area (TPSA) is 86.7 Å². The predicted octanol–water partition coefficient (Wildman–Crippen LogP) is 0.424. The Morgan fingerprint density at radius 1 is 1.47 bits per heavy atom. The fraction of sp³-hybridized carbons (Fsp3) is 0.200. The van der Waals surface area contributed by atoms with Crippen molar-refractivity contribution in [1.29, 1.82) is 0 Å². The van der Waals surface area contributed by atoms with Gasteiger partial charge in [0.2, 0.25) is 0 Å². The SMILES string of the molecule is Cc1ncnc(-c2cnn(C)c2C(N)=O)c1F. The van der Waals surface area contributed by atoms with Crippen molar-refractivity contribution >= 4 is 5.91 Å². The lowest BCUT2D eigenvalue weighted by Crippen LogP contribution is -2.17. The standard InChI is InChI=1S/C10H10FN5O/c1-5-7(11)8(14-4-13-5)6-3-15-16(2)9(6)10(12)17/h3-4H,1-2H3,(H2,12,17). The van der Waals surface area contributed by atoms with Gasteiger partial charge in [-0.15, -0.1) is 0 Å². The van der Waals surface area contributed by atoms with Gasteiger partial charge in [-0.3, -0.25) is 9.48 Å². The van der Waals surface area contributed by atoms with Gasteiger partial charge in [0.25, 0.3) is 5.91 Å². The van der Waals surface area contributed by atoms with E-state index in [9.17, 15) is 9.18 Å². The van der Waals surface area contributed by atoms with E-state index in [-0.39, 0.29) is 22.6 Å². The molecule has 0 saturated carbocycles. The van der Waals surface area contributed by atoms with Crippen LogP contribution in [0.2, 0.25) is 0 Å².